The van der Waals surface area contributed by atoms with E-state index in [2.05, 4.69) is 5.32 Å². The van der Waals surface area contributed by atoms with Crippen LogP contribution in [0.25, 0.3) is 0 Å². The standard InChI is InChI=1S/C23H28Cl3N3O4S/c1-5-21(23(31)27-15(2)3)28(13-16-6-8-17(24)9-7-16)22(30)14-29(34(4,32)33)20-11-18(25)10-19(26)12-20/h6-12,15,21H,5,13-14H2,1-4H3,(H,27,31)/t21-/m1/s1. The Labute approximate surface area is 216 Å². The number of carbonyl (C=O) groups is 2. The smallest absolute Gasteiger partial charge is 0.244 e. The minimum absolute atomic E-state index is 0.0912. The molecular formula is C23H28Cl3N3O4S. The fourth-order valence-electron chi connectivity index (χ4n) is 3.38. The van der Waals surface area contributed by atoms with Crippen molar-refractivity contribution in [2.24, 2.45) is 0 Å². The zero-order chi connectivity index (χ0) is 25.6. The van der Waals surface area contributed by atoms with Gasteiger partial charge in [-0.15, -0.1) is 0 Å². The summed E-state index contributed by atoms with van der Waals surface area (Å²) in [6.45, 7) is 4.99. The molecule has 2 aromatic carbocycles. The summed E-state index contributed by atoms with van der Waals surface area (Å²) in [5, 5.41) is 3.82. The van der Waals surface area contributed by atoms with E-state index in [9.17, 15) is 18.0 Å². The summed E-state index contributed by atoms with van der Waals surface area (Å²) in [6, 6.07) is 10.2. The van der Waals surface area contributed by atoms with Crippen LogP contribution in [0.5, 0.6) is 0 Å². The molecular weight excluding hydrogens is 521 g/mol. The maximum absolute atomic E-state index is 13.6. The normalized spacial score (nSPS) is 12.4. The van der Waals surface area contributed by atoms with Gasteiger partial charge in [0, 0.05) is 27.7 Å². The van der Waals surface area contributed by atoms with Crippen LogP contribution < -0.4 is 9.62 Å². The molecule has 1 atom stereocenters. The number of sulfonamides is 1. The fourth-order valence-corrected chi connectivity index (χ4v) is 4.86. The zero-order valence-corrected chi connectivity index (χ0v) is 22.5. The molecule has 0 saturated carbocycles. The average Bonchev–Trinajstić information content (AvgIpc) is 2.71. The maximum Gasteiger partial charge on any atom is 0.244 e. The quantitative estimate of drug-likeness (QED) is 0.464. The van der Waals surface area contributed by atoms with Gasteiger partial charge in [0.2, 0.25) is 21.8 Å². The van der Waals surface area contributed by atoms with Crippen LogP contribution in [0.15, 0.2) is 42.5 Å². The first-order valence-corrected chi connectivity index (χ1v) is 13.6. The second kappa shape index (κ2) is 12.1. The van der Waals surface area contributed by atoms with Crippen molar-refractivity contribution in [1.29, 1.82) is 0 Å². The number of halogens is 3. The third-order valence-electron chi connectivity index (χ3n) is 4.90. The van der Waals surface area contributed by atoms with Gasteiger partial charge >= 0.3 is 0 Å². The molecule has 1 N–H and O–H groups in total. The molecule has 2 aromatic rings. The van der Waals surface area contributed by atoms with Crippen molar-refractivity contribution in [2.45, 2.75) is 45.8 Å². The third kappa shape index (κ3) is 8.05. The number of carbonyl (C=O) groups excluding carboxylic acids is 2. The minimum Gasteiger partial charge on any atom is -0.352 e. The van der Waals surface area contributed by atoms with Crippen molar-refractivity contribution in [1.82, 2.24) is 10.2 Å². The summed E-state index contributed by atoms with van der Waals surface area (Å²) in [5.74, 6) is -0.876. The summed E-state index contributed by atoms with van der Waals surface area (Å²) < 4.78 is 26.1. The lowest BCUT2D eigenvalue weighted by molar-refractivity contribution is -0.140. The number of nitrogens with zero attached hydrogens (tertiary/aromatic N) is 2. The predicted octanol–water partition coefficient (Wildman–Crippen LogP) is 4.74. The van der Waals surface area contributed by atoms with Crippen LogP contribution in [0.3, 0.4) is 0 Å². The first kappa shape index (κ1) is 28.2. The van der Waals surface area contributed by atoms with E-state index in [1.165, 1.54) is 23.1 Å². The number of rotatable bonds is 10. The van der Waals surface area contributed by atoms with Gasteiger partial charge in [0.1, 0.15) is 12.6 Å². The molecule has 2 rings (SSSR count). The van der Waals surface area contributed by atoms with Gasteiger partial charge < -0.3 is 10.2 Å². The molecule has 11 heteroatoms. The van der Waals surface area contributed by atoms with Crippen molar-refractivity contribution in [3.05, 3.63) is 63.1 Å². The van der Waals surface area contributed by atoms with Gasteiger partial charge in [-0.05, 0) is 56.2 Å². The summed E-state index contributed by atoms with van der Waals surface area (Å²) in [5.41, 5.74) is 0.893. The molecule has 186 valence electrons. The lowest BCUT2D eigenvalue weighted by atomic mass is 10.1. The monoisotopic (exact) mass is 547 g/mol. The first-order chi connectivity index (χ1) is 15.8. The van der Waals surface area contributed by atoms with Gasteiger partial charge in [0.05, 0.1) is 11.9 Å². The molecule has 0 aliphatic carbocycles. The highest BCUT2D eigenvalue weighted by Crippen LogP contribution is 2.27. The Morgan fingerprint density at radius 2 is 1.53 bits per heavy atom. The molecule has 34 heavy (non-hydrogen) atoms. The topological polar surface area (TPSA) is 86.8 Å². The number of benzene rings is 2. The lowest BCUT2D eigenvalue weighted by Crippen LogP contribution is -2.53. The van der Waals surface area contributed by atoms with Crippen molar-refractivity contribution < 1.29 is 18.0 Å². The number of hydrogen-bond acceptors (Lipinski definition) is 4. The Kier molecular flexibility index (Phi) is 10.1. The Bertz CT molecular complexity index is 1100. The summed E-state index contributed by atoms with van der Waals surface area (Å²) in [6.07, 6.45) is 1.32. The van der Waals surface area contributed by atoms with Crippen LogP contribution in [0, 0.1) is 0 Å². The van der Waals surface area contributed by atoms with Crippen molar-refractivity contribution >= 4 is 62.3 Å². The second-order valence-electron chi connectivity index (χ2n) is 8.13. The van der Waals surface area contributed by atoms with Gasteiger partial charge in [-0.3, -0.25) is 13.9 Å². The highest BCUT2D eigenvalue weighted by molar-refractivity contribution is 7.92. The van der Waals surface area contributed by atoms with Crippen LogP contribution >= 0.6 is 34.8 Å². The average molecular weight is 549 g/mol. The number of hydrogen-bond donors (Lipinski definition) is 1. The molecule has 0 heterocycles. The molecule has 2 amide bonds. The molecule has 0 unspecified atom stereocenters. The van der Waals surface area contributed by atoms with Crippen molar-refractivity contribution in [3.63, 3.8) is 0 Å². The first-order valence-electron chi connectivity index (χ1n) is 10.6. The molecule has 0 fully saturated rings. The molecule has 7 nitrogen and oxygen atoms in total. The highest BCUT2D eigenvalue weighted by atomic mass is 35.5. The van der Waals surface area contributed by atoms with Gasteiger partial charge in [0.25, 0.3) is 0 Å². The Hall–Kier alpha value is -2.00. The van der Waals surface area contributed by atoms with Crippen molar-refractivity contribution in [3.8, 4) is 0 Å². The van der Waals surface area contributed by atoms with Gasteiger partial charge in [0.15, 0.2) is 0 Å². The molecule has 0 aromatic heterocycles. The molecule has 0 radical (unpaired) electrons. The van der Waals surface area contributed by atoms with Crippen LogP contribution in [0.1, 0.15) is 32.8 Å². The number of anilines is 1. The van der Waals surface area contributed by atoms with Gasteiger partial charge in [-0.2, -0.15) is 0 Å². The molecule has 0 aliphatic rings. The Morgan fingerprint density at radius 1 is 0.971 bits per heavy atom. The molecule has 0 bridgehead atoms. The van der Waals surface area contributed by atoms with E-state index in [0.29, 0.717) is 11.4 Å². The van der Waals surface area contributed by atoms with Crippen LogP contribution in [-0.4, -0.2) is 50.0 Å². The summed E-state index contributed by atoms with van der Waals surface area (Å²) >= 11 is 18.1. The summed E-state index contributed by atoms with van der Waals surface area (Å²) in [7, 11) is -3.88. The van der Waals surface area contributed by atoms with E-state index in [0.717, 1.165) is 16.1 Å². The molecule has 0 aliphatic heterocycles. The lowest BCUT2D eigenvalue weighted by Gasteiger charge is -2.33. The fraction of sp³-hybridized carbons (Fsp3) is 0.391. The van der Waals surface area contributed by atoms with E-state index < -0.39 is 28.5 Å². The molecule has 0 spiro atoms. The third-order valence-corrected chi connectivity index (χ3v) is 6.73. The molecule has 0 saturated heterocycles. The minimum atomic E-state index is -3.88. The number of nitrogens with one attached hydrogen (secondary N) is 1. The summed E-state index contributed by atoms with van der Waals surface area (Å²) in [4.78, 5) is 27.9. The van der Waals surface area contributed by atoms with E-state index >= 15 is 0 Å². The van der Waals surface area contributed by atoms with E-state index in [1.807, 2.05) is 13.8 Å². The van der Waals surface area contributed by atoms with Gasteiger partial charge in [-0.25, -0.2) is 8.42 Å². The van der Waals surface area contributed by atoms with Crippen LogP contribution in [0.4, 0.5) is 5.69 Å². The van der Waals surface area contributed by atoms with Gasteiger partial charge in [-0.1, -0.05) is 53.9 Å². The number of amides is 2. The largest absolute Gasteiger partial charge is 0.352 e. The second-order valence-corrected chi connectivity index (χ2v) is 11.3. The highest BCUT2D eigenvalue weighted by Gasteiger charge is 2.32. The van der Waals surface area contributed by atoms with E-state index in [-0.39, 0.29) is 34.2 Å². The van der Waals surface area contributed by atoms with Crippen LogP contribution in [0.2, 0.25) is 15.1 Å². The Morgan fingerprint density at radius 3 is 2.00 bits per heavy atom. The maximum atomic E-state index is 13.6. The SMILES string of the molecule is CC[C@H](C(=O)NC(C)C)N(Cc1ccc(Cl)cc1)C(=O)CN(c1cc(Cl)cc(Cl)c1)S(C)(=O)=O. The Balaban J connectivity index is 2.46. The van der Waals surface area contributed by atoms with E-state index in [1.54, 1.807) is 31.2 Å². The van der Waals surface area contributed by atoms with Crippen LogP contribution in [-0.2, 0) is 26.2 Å². The van der Waals surface area contributed by atoms with E-state index in [4.69, 9.17) is 34.8 Å². The predicted molar refractivity (Wildman–Crippen MR) is 138 cm³/mol. The van der Waals surface area contributed by atoms with Crippen molar-refractivity contribution in [2.75, 3.05) is 17.1 Å². The zero-order valence-electron chi connectivity index (χ0n) is 19.4.